The number of para-hydroxylation sites is 1. The van der Waals surface area contributed by atoms with Gasteiger partial charge in [-0.15, -0.1) is 0 Å². The Morgan fingerprint density at radius 2 is 1.44 bits per heavy atom. The molecule has 0 bridgehead atoms. The van der Waals surface area contributed by atoms with Gasteiger partial charge >= 0.3 is 0 Å². The van der Waals surface area contributed by atoms with E-state index in [9.17, 15) is 10.2 Å². The molecule has 2 aromatic rings. The minimum Gasteiger partial charge on any atom is -0.496 e. The van der Waals surface area contributed by atoms with Crippen molar-refractivity contribution in [3.8, 4) is 5.75 Å². The van der Waals surface area contributed by atoms with E-state index in [1.54, 1.807) is 37.4 Å². The second-order valence-corrected chi connectivity index (χ2v) is 4.04. The zero-order valence-electron chi connectivity index (χ0n) is 10.2. The second kappa shape index (κ2) is 5.67. The largest absolute Gasteiger partial charge is 0.496 e. The summed E-state index contributed by atoms with van der Waals surface area (Å²) in [6, 6.07) is 16.2. The third-order valence-electron chi connectivity index (χ3n) is 2.90. The first kappa shape index (κ1) is 12.6. The molecule has 94 valence electrons. The van der Waals surface area contributed by atoms with Crippen molar-refractivity contribution < 1.29 is 14.9 Å². The van der Waals surface area contributed by atoms with E-state index >= 15 is 0 Å². The molecule has 3 heteroatoms. The van der Waals surface area contributed by atoms with Crippen LogP contribution < -0.4 is 4.74 Å². The number of rotatable bonds is 4. The summed E-state index contributed by atoms with van der Waals surface area (Å²) in [5.41, 5.74) is 1.26. The minimum atomic E-state index is -1.01. The molecule has 2 aromatic carbocycles. The van der Waals surface area contributed by atoms with Crippen LogP contribution in [0.3, 0.4) is 0 Å². The quantitative estimate of drug-likeness (QED) is 0.868. The average molecular weight is 244 g/mol. The van der Waals surface area contributed by atoms with Crippen LogP contribution in [0.15, 0.2) is 54.6 Å². The molecular weight excluding hydrogens is 228 g/mol. The molecule has 0 unspecified atom stereocenters. The highest BCUT2D eigenvalue weighted by Crippen LogP contribution is 2.33. The van der Waals surface area contributed by atoms with E-state index in [4.69, 9.17) is 4.74 Å². The fourth-order valence-corrected chi connectivity index (χ4v) is 1.91. The molecule has 2 N–H and O–H groups in total. The van der Waals surface area contributed by atoms with Gasteiger partial charge in [-0.2, -0.15) is 0 Å². The highest BCUT2D eigenvalue weighted by Gasteiger charge is 2.22. The van der Waals surface area contributed by atoms with E-state index in [0.717, 1.165) is 0 Å². The third kappa shape index (κ3) is 2.53. The van der Waals surface area contributed by atoms with Crippen LogP contribution in [0.1, 0.15) is 23.3 Å². The van der Waals surface area contributed by atoms with Crippen LogP contribution in [0.5, 0.6) is 5.75 Å². The lowest BCUT2D eigenvalue weighted by atomic mass is 9.98. The molecule has 3 nitrogen and oxygen atoms in total. The van der Waals surface area contributed by atoms with E-state index in [1.165, 1.54) is 0 Å². The maximum atomic E-state index is 10.2. The van der Waals surface area contributed by atoms with Gasteiger partial charge in [-0.05, 0) is 11.6 Å². The molecule has 0 spiro atoms. The SMILES string of the molecule is COc1ccccc1[C@@H](O)[C@H](O)c1ccccc1. The summed E-state index contributed by atoms with van der Waals surface area (Å²) >= 11 is 0. The lowest BCUT2D eigenvalue weighted by Gasteiger charge is -2.20. The Labute approximate surface area is 106 Å². The standard InChI is InChI=1S/C15H16O3/c1-18-13-10-6-5-9-12(13)15(17)14(16)11-7-3-2-4-8-11/h2-10,14-17H,1H3/t14-,15-/m1/s1. The number of ether oxygens (including phenoxy) is 1. The Bertz CT molecular complexity index is 496. The number of hydrogen-bond acceptors (Lipinski definition) is 3. The molecule has 18 heavy (non-hydrogen) atoms. The number of aliphatic hydroxyl groups is 2. The van der Waals surface area contributed by atoms with E-state index in [0.29, 0.717) is 16.9 Å². The van der Waals surface area contributed by atoms with Crippen LogP contribution in [0.4, 0.5) is 0 Å². The average Bonchev–Trinajstić information content (AvgIpc) is 2.46. The fourth-order valence-electron chi connectivity index (χ4n) is 1.91. The monoisotopic (exact) mass is 244 g/mol. The molecule has 0 fully saturated rings. The Morgan fingerprint density at radius 1 is 0.833 bits per heavy atom. The Balaban J connectivity index is 2.28. The first-order chi connectivity index (χ1) is 8.74. The van der Waals surface area contributed by atoms with Crippen LogP contribution in [0.25, 0.3) is 0 Å². The van der Waals surface area contributed by atoms with Crippen molar-refractivity contribution in [2.75, 3.05) is 7.11 Å². The molecule has 0 aliphatic rings. The highest BCUT2D eigenvalue weighted by atomic mass is 16.5. The smallest absolute Gasteiger partial charge is 0.124 e. The lowest BCUT2D eigenvalue weighted by Crippen LogP contribution is -2.11. The Hall–Kier alpha value is -1.84. The number of hydrogen-bond donors (Lipinski definition) is 2. The fraction of sp³-hybridized carbons (Fsp3) is 0.200. The van der Waals surface area contributed by atoms with Crippen LogP contribution in [0, 0.1) is 0 Å². The van der Waals surface area contributed by atoms with Gasteiger partial charge in [0.15, 0.2) is 0 Å². The first-order valence-corrected chi connectivity index (χ1v) is 5.78. The summed E-state index contributed by atoms with van der Waals surface area (Å²) in [6.07, 6.45) is -1.98. The maximum absolute atomic E-state index is 10.2. The topological polar surface area (TPSA) is 49.7 Å². The Morgan fingerprint density at radius 3 is 2.11 bits per heavy atom. The van der Waals surface area contributed by atoms with Gasteiger partial charge in [0.1, 0.15) is 18.0 Å². The third-order valence-corrected chi connectivity index (χ3v) is 2.90. The molecule has 0 aliphatic carbocycles. The molecule has 0 heterocycles. The molecule has 0 aromatic heterocycles. The van der Waals surface area contributed by atoms with Crippen molar-refractivity contribution in [1.29, 1.82) is 0 Å². The van der Waals surface area contributed by atoms with Gasteiger partial charge in [0.2, 0.25) is 0 Å². The van der Waals surface area contributed by atoms with E-state index < -0.39 is 12.2 Å². The number of aliphatic hydroxyl groups excluding tert-OH is 2. The Kier molecular flexibility index (Phi) is 3.97. The van der Waals surface area contributed by atoms with Crippen molar-refractivity contribution in [1.82, 2.24) is 0 Å². The molecule has 0 radical (unpaired) electrons. The number of methoxy groups -OCH3 is 1. The summed E-state index contributed by atoms with van der Waals surface area (Å²) in [7, 11) is 1.54. The normalized spacial score (nSPS) is 13.9. The van der Waals surface area contributed by atoms with E-state index in [-0.39, 0.29) is 0 Å². The zero-order valence-corrected chi connectivity index (χ0v) is 10.2. The van der Waals surface area contributed by atoms with Gasteiger partial charge in [-0.1, -0.05) is 48.5 Å². The van der Waals surface area contributed by atoms with Gasteiger partial charge in [-0.25, -0.2) is 0 Å². The molecule has 0 saturated carbocycles. The molecule has 2 atom stereocenters. The van der Waals surface area contributed by atoms with Gasteiger partial charge in [0, 0.05) is 5.56 Å². The van der Waals surface area contributed by atoms with Crippen LogP contribution in [-0.2, 0) is 0 Å². The van der Waals surface area contributed by atoms with Gasteiger partial charge in [0.05, 0.1) is 7.11 Å². The van der Waals surface area contributed by atoms with Crippen molar-refractivity contribution in [2.45, 2.75) is 12.2 Å². The van der Waals surface area contributed by atoms with Crippen LogP contribution in [-0.4, -0.2) is 17.3 Å². The summed E-state index contributed by atoms with van der Waals surface area (Å²) < 4.78 is 5.18. The zero-order chi connectivity index (χ0) is 13.0. The molecular formula is C15H16O3. The van der Waals surface area contributed by atoms with Crippen molar-refractivity contribution in [2.24, 2.45) is 0 Å². The van der Waals surface area contributed by atoms with E-state index in [2.05, 4.69) is 0 Å². The summed E-state index contributed by atoms with van der Waals surface area (Å²) in [6.45, 7) is 0. The lowest BCUT2D eigenvalue weighted by molar-refractivity contribution is 0.0159. The highest BCUT2D eigenvalue weighted by molar-refractivity contribution is 5.36. The van der Waals surface area contributed by atoms with Crippen LogP contribution >= 0.6 is 0 Å². The van der Waals surface area contributed by atoms with Gasteiger partial charge in [0.25, 0.3) is 0 Å². The summed E-state index contributed by atoms with van der Waals surface area (Å²) in [5, 5.41) is 20.4. The maximum Gasteiger partial charge on any atom is 0.124 e. The second-order valence-electron chi connectivity index (χ2n) is 4.04. The van der Waals surface area contributed by atoms with Gasteiger partial charge < -0.3 is 14.9 Å². The summed E-state index contributed by atoms with van der Waals surface area (Å²) in [5.74, 6) is 0.569. The minimum absolute atomic E-state index is 0.569. The first-order valence-electron chi connectivity index (χ1n) is 5.78. The summed E-state index contributed by atoms with van der Waals surface area (Å²) in [4.78, 5) is 0. The number of benzene rings is 2. The molecule has 0 saturated heterocycles. The van der Waals surface area contributed by atoms with E-state index in [1.807, 2.05) is 24.3 Å². The van der Waals surface area contributed by atoms with Crippen molar-refractivity contribution >= 4 is 0 Å². The predicted molar refractivity (Wildman–Crippen MR) is 69.4 cm³/mol. The molecule has 0 aliphatic heterocycles. The molecule has 2 rings (SSSR count). The van der Waals surface area contributed by atoms with Crippen molar-refractivity contribution in [3.05, 3.63) is 65.7 Å². The van der Waals surface area contributed by atoms with Gasteiger partial charge in [-0.3, -0.25) is 0 Å². The predicted octanol–water partition coefficient (Wildman–Crippen LogP) is 2.46. The van der Waals surface area contributed by atoms with Crippen molar-refractivity contribution in [3.63, 3.8) is 0 Å². The molecule has 0 amide bonds. The van der Waals surface area contributed by atoms with Crippen LogP contribution in [0.2, 0.25) is 0 Å².